The molecule has 3 rings (SSSR count). The molecular formula is C21H26ClN3O3S2. The molecule has 1 fully saturated rings. The number of benzene rings is 2. The molecule has 0 spiro atoms. The minimum absolute atomic E-state index is 0.0473. The summed E-state index contributed by atoms with van der Waals surface area (Å²) in [6.07, 6.45) is 4.68. The highest BCUT2D eigenvalue weighted by atomic mass is 35.5. The van der Waals surface area contributed by atoms with Crippen molar-refractivity contribution < 1.29 is 13.2 Å². The molecule has 3 N–H and O–H groups in total. The number of anilines is 2. The summed E-state index contributed by atoms with van der Waals surface area (Å²) in [6, 6.07) is 11.8. The number of thiocarbonyl (C=S) groups is 1. The Bertz CT molecular complexity index is 1010. The normalized spacial score (nSPS) is 19.0. The van der Waals surface area contributed by atoms with Crippen molar-refractivity contribution >= 4 is 50.3 Å². The SMILES string of the molecule is COc1ccccc1NS(=O)(=O)c1cc(NC(=S)NC2CCCCC2C)ccc1Cl. The molecule has 0 aromatic heterocycles. The van der Waals surface area contributed by atoms with Crippen molar-refractivity contribution in [2.24, 2.45) is 5.92 Å². The Balaban J connectivity index is 1.76. The molecule has 0 bridgehead atoms. The van der Waals surface area contributed by atoms with Gasteiger partial charge < -0.3 is 15.4 Å². The summed E-state index contributed by atoms with van der Waals surface area (Å²) in [5.41, 5.74) is 0.874. The van der Waals surface area contributed by atoms with Gasteiger partial charge in [-0.2, -0.15) is 0 Å². The van der Waals surface area contributed by atoms with E-state index in [1.807, 2.05) is 0 Å². The zero-order valence-electron chi connectivity index (χ0n) is 16.9. The van der Waals surface area contributed by atoms with E-state index >= 15 is 0 Å². The summed E-state index contributed by atoms with van der Waals surface area (Å²) in [7, 11) is -2.46. The summed E-state index contributed by atoms with van der Waals surface area (Å²) < 4.78 is 33.7. The summed E-state index contributed by atoms with van der Waals surface area (Å²) in [5.74, 6) is 0.961. The van der Waals surface area contributed by atoms with Crippen molar-refractivity contribution in [2.45, 2.75) is 43.5 Å². The lowest BCUT2D eigenvalue weighted by atomic mass is 9.86. The number of hydrogen-bond donors (Lipinski definition) is 3. The molecule has 0 saturated heterocycles. The highest BCUT2D eigenvalue weighted by Gasteiger charge is 2.23. The van der Waals surface area contributed by atoms with Gasteiger partial charge in [-0.3, -0.25) is 4.72 Å². The number of methoxy groups -OCH3 is 1. The average Bonchev–Trinajstić information content (AvgIpc) is 2.71. The van der Waals surface area contributed by atoms with Crippen LogP contribution in [-0.2, 0) is 10.0 Å². The van der Waals surface area contributed by atoms with Crippen molar-refractivity contribution in [3.63, 3.8) is 0 Å². The lowest BCUT2D eigenvalue weighted by molar-refractivity contribution is 0.309. The van der Waals surface area contributed by atoms with Crippen LogP contribution < -0.4 is 20.1 Å². The fourth-order valence-electron chi connectivity index (χ4n) is 3.58. The summed E-state index contributed by atoms with van der Waals surface area (Å²) in [4.78, 5) is -0.0473. The van der Waals surface area contributed by atoms with Crippen LogP contribution in [0.15, 0.2) is 47.4 Å². The molecule has 2 unspecified atom stereocenters. The van der Waals surface area contributed by atoms with Crippen LogP contribution in [0.1, 0.15) is 32.6 Å². The Morgan fingerprint density at radius 2 is 1.90 bits per heavy atom. The van der Waals surface area contributed by atoms with E-state index in [2.05, 4.69) is 22.3 Å². The van der Waals surface area contributed by atoms with Crippen LogP contribution in [0.5, 0.6) is 5.75 Å². The summed E-state index contributed by atoms with van der Waals surface area (Å²) in [6.45, 7) is 2.22. The molecule has 2 atom stereocenters. The second-order valence-electron chi connectivity index (χ2n) is 7.42. The highest BCUT2D eigenvalue weighted by molar-refractivity contribution is 7.92. The Morgan fingerprint density at radius 1 is 1.17 bits per heavy atom. The summed E-state index contributed by atoms with van der Waals surface area (Å²) >= 11 is 11.6. The number of para-hydroxylation sites is 2. The first kappa shape index (κ1) is 22.7. The Kier molecular flexibility index (Phi) is 7.44. The van der Waals surface area contributed by atoms with E-state index in [1.165, 1.54) is 38.5 Å². The molecule has 162 valence electrons. The lowest BCUT2D eigenvalue weighted by Crippen LogP contribution is -2.43. The van der Waals surface area contributed by atoms with Gasteiger partial charge in [-0.05, 0) is 61.3 Å². The molecule has 9 heteroatoms. The van der Waals surface area contributed by atoms with Gasteiger partial charge in [-0.1, -0.05) is 43.5 Å². The molecule has 1 aliphatic carbocycles. The maximum absolute atomic E-state index is 13.0. The average molecular weight is 468 g/mol. The van der Waals surface area contributed by atoms with Gasteiger partial charge in [0.1, 0.15) is 10.6 Å². The van der Waals surface area contributed by atoms with E-state index in [9.17, 15) is 8.42 Å². The number of sulfonamides is 1. The van der Waals surface area contributed by atoms with E-state index in [0.29, 0.717) is 34.2 Å². The Labute approximate surface area is 188 Å². The third-order valence-electron chi connectivity index (χ3n) is 5.26. The first-order valence-corrected chi connectivity index (χ1v) is 12.1. The van der Waals surface area contributed by atoms with Crippen molar-refractivity contribution in [3.05, 3.63) is 47.5 Å². The minimum atomic E-state index is -3.94. The van der Waals surface area contributed by atoms with Gasteiger partial charge in [0.25, 0.3) is 10.0 Å². The van der Waals surface area contributed by atoms with Gasteiger partial charge in [0, 0.05) is 11.7 Å². The standard InChI is InChI=1S/C21H26ClN3O3S2/c1-14-7-3-4-8-17(14)24-21(29)23-15-11-12-16(22)20(13-15)30(26,27)25-18-9-5-6-10-19(18)28-2/h5-6,9-14,17,25H,3-4,7-8H2,1-2H3,(H2,23,24,29). The van der Waals surface area contributed by atoms with Crippen LogP contribution in [0.25, 0.3) is 0 Å². The second kappa shape index (κ2) is 9.85. The van der Waals surface area contributed by atoms with Crippen LogP contribution in [0, 0.1) is 5.92 Å². The van der Waals surface area contributed by atoms with Gasteiger partial charge in [0.15, 0.2) is 5.11 Å². The molecular weight excluding hydrogens is 442 g/mol. The molecule has 1 aliphatic rings. The largest absolute Gasteiger partial charge is 0.495 e. The zero-order valence-corrected chi connectivity index (χ0v) is 19.3. The molecule has 0 heterocycles. The van der Waals surface area contributed by atoms with Crippen molar-refractivity contribution in [3.8, 4) is 5.75 Å². The van der Waals surface area contributed by atoms with Crippen molar-refractivity contribution in [1.29, 1.82) is 0 Å². The molecule has 0 amide bonds. The van der Waals surface area contributed by atoms with Gasteiger partial charge >= 0.3 is 0 Å². The van der Waals surface area contributed by atoms with Gasteiger partial charge in [0.2, 0.25) is 0 Å². The zero-order chi connectivity index (χ0) is 21.7. The van der Waals surface area contributed by atoms with E-state index in [0.717, 1.165) is 6.42 Å². The van der Waals surface area contributed by atoms with Crippen molar-refractivity contribution in [2.75, 3.05) is 17.1 Å². The van der Waals surface area contributed by atoms with Gasteiger partial charge in [0.05, 0.1) is 17.8 Å². The number of hydrogen-bond acceptors (Lipinski definition) is 4. The van der Waals surface area contributed by atoms with Gasteiger partial charge in [-0.15, -0.1) is 0 Å². The first-order chi connectivity index (χ1) is 14.3. The fourth-order valence-corrected chi connectivity index (χ4v) is 5.45. The molecule has 0 radical (unpaired) electrons. The van der Waals surface area contributed by atoms with Crippen LogP contribution in [-0.4, -0.2) is 26.7 Å². The van der Waals surface area contributed by atoms with E-state index in [4.69, 9.17) is 28.6 Å². The first-order valence-electron chi connectivity index (χ1n) is 9.83. The predicted molar refractivity (Wildman–Crippen MR) is 126 cm³/mol. The summed E-state index contributed by atoms with van der Waals surface area (Å²) in [5, 5.41) is 7.01. The highest BCUT2D eigenvalue weighted by Crippen LogP contribution is 2.30. The molecule has 30 heavy (non-hydrogen) atoms. The number of ether oxygens (including phenoxy) is 1. The van der Waals surface area contributed by atoms with E-state index < -0.39 is 10.0 Å². The second-order valence-corrected chi connectivity index (χ2v) is 9.88. The molecule has 2 aromatic rings. The molecule has 1 saturated carbocycles. The number of nitrogens with one attached hydrogen (secondary N) is 3. The maximum atomic E-state index is 13.0. The predicted octanol–water partition coefficient (Wildman–Crippen LogP) is 5.01. The minimum Gasteiger partial charge on any atom is -0.495 e. The molecule has 6 nitrogen and oxygen atoms in total. The topological polar surface area (TPSA) is 79.5 Å². The Morgan fingerprint density at radius 3 is 2.63 bits per heavy atom. The van der Waals surface area contributed by atoms with E-state index in [1.54, 1.807) is 30.3 Å². The van der Waals surface area contributed by atoms with Crippen LogP contribution in [0.3, 0.4) is 0 Å². The number of rotatable bonds is 6. The van der Waals surface area contributed by atoms with E-state index in [-0.39, 0.29) is 9.92 Å². The Hall–Kier alpha value is -2.03. The molecule has 0 aliphatic heterocycles. The van der Waals surface area contributed by atoms with Crippen LogP contribution in [0.4, 0.5) is 11.4 Å². The molecule has 2 aromatic carbocycles. The smallest absolute Gasteiger partial charge is 0.263 e. The third-order valence-corrected chi connectivity index (χ3v) is 7.32. The maximum Gasteiger partial charge on any atom is 0.263 e. The quantitative estimate of drug-likeness (QED) is 0.518. The monoisotopic (exact) mass is 467 g/mol. The van der Waals surface area contributed by atoms with Gasteiger partial charge in [-0.25, -0.2) is 8.42 Å². The van der Waals surface area contributed by atoms with Crippen LogP contribution >= 0.6 is 23.8 Å². The fraction of sp³-hybridized carbons (Fsp3) is 0.381. The van der Waals surface area contributed by atoms with Crippen molar-refractivity contribution in [1.82, 2.24) is 5.32 Å². The third kappa shape index (κ3) is 5.56. The van der Waals surface area contributed by atoms with Crippen LogP contribution in [0.2, 0.25) is 5.02 Å². The number of halogens is 1. The lowest BCUT2D eigenvalue weighted by Gasteiger charge is -2.30.